The maximum absolute atomic E-state index is 12.6. The van der Waals surface area contributed by atoms with Crippen molar-refractivity contribution in [3.63, 3.8) is 0 Å². The normalized spacial score (nSPS) is 14.2. The maximum Gasteiger partial charge on any atom is 0.255 e. The Hall–Kier alpha value is -3.47. The standard InChI is InChI=1S/C27H34N4O/c1-8-21(12-10-18(3)4)26(32)29-23-13-11-20(7)25(17-23)31-27-28-15-14-24(30-27)22(9-2)16-19(5)6/h8,10-13,16-17H,1,5,9,14-15H2,2-4,6-7H3,(H,28,31)(H,29,32)/b21-12+,22-16+. The number of rotatable bonds is 8. The van der Waals surface area contributed by atoms with E-state index in [1.165, 1.54) is 5.57 Å². The minimum Gasteiger partial charge on any atom is -0.324 e. The van der Waals surface area contributed by atoms with Gasteiger partial charge < -0.3 is 10.6 Å². The number of hydrogen-bond donors (Lipinski definition) is 2. The molecule has 1 aliphatic rings. The summed E-state index contributed by atoms with van der Waals surface area (Å²) in [6.45, 7) is 18.5. The summed E-state index contributed by atoms with van der Waals surface area (Å²) in [5.41, 5.74) is 7.41. The number of hydrogen-bond acceptors (Lipinski definition) is 4. The molecule has 0 saturated carbocycles. The number of guanidine groups is 1. The third kappa shape index (κ3) is 7.34. The minimum absolute atomic E-state index is 0.208. The Morgan fingerprint density at radius 3 is 2.59 bits per heavy atom. The van der Waals surface area contributed by atoms with Gasteiger partial charge in [-0.1, -0.05) is 55.5 Å². The van der Waals surface area contributed by atoms with E-state index >= 15 is 0 Å². The van der Waals surface area contributed by atoms with Gasteiger partial charge in [-0.25, -0.2) is 4.99 Å². The summed E-state index contributed by atoms with van der Waals surface area (Å²) < 4.78 is 0. The Kier molecular flexibility index (Phi) is 9.14. The molecule has 1 aromatic carbocycles. The van der Waals surface area contributed by atoms with Crippen LogP contribution in [0.15, 0.2) is 87.9 Å². The van der Waals surface area contributed by atoms with Gasteiger partial charge in [0.1, 0.15) is 0 Å². The second-order valence-electron chi connectivity index (χ2n) is 8.06. The molecule has 1 heterocycles. The fraction of sp³-hybridized carbons (Fsp3) is 0.296. The van der Waals surface area contributed by atoms with Crippen molar-refractivity contribution < 1.29 is 4.79 Å². The Labute approximate surface area is 192 Å². The molecule has 1 aromatic rings. The average molecular weight is 431 g/mol. The highest BCUT2D eigenvalue weighted by Gasteiger charge is 2.14. The molecular weight excluding hydrogens is 396 g/mol. The molecule has 0 radical (unpaired) electrons. The van der Waals surface area contributed by atoms with Crippen molar-refractivity contribution in [2.75, 3.05) is 17.2 Å². The topological polar surface area (TPSA) is 65.8 Å². The number of nitrogens with one attached hydrogen (secondary N) is 2. The van der Waals surface area contributed by atoms with Crippen LogP contribution in [0, 0.1) is 6.92 Å². The largest absolute Gasteiger partial charge is 0.324 e. The Bertz CT molecular complexity index is 1050. The third-order valence-corrected chi connectivity index (χ3v) is 4.84. The zero-order chi connectivity index (χ0) is 23.7. The van der Waals surface area contributed by atoms with Crippen molar-refractivity contribution in [1.82, 2.24) is 0 Å². The predicted octanol–water partition coefficient (Wildman–Crippen LogP) is 6.54. The number of benzene rings is 1. The summed E-state index contributed by atoms with van der Waals surface area (Å²) in [5.74, 6) is 0.370. The van der Waals surface area contributed by atoms with Gasteiger partial charge in [0.05, 0.1) is 0 Å². The van der Waals surface area contributed by atoms with Crippen molar-refractivity contribution in [1.29, 1.82) is 0 Å². The Morgan fingerprint density at radius 2 is 1.97 bits per heavy atom. The van der Waals surface area contributed by atoms with Gasteiger partial charge in [-0.2, -0.15) is 0 Å². The fourth-order valence-corrected chi connectivity index (χ4v) is 3.12. The van der Waals surface area contributed by atoms with Crippen LogP contribution >= 0.6 is 0 Å². The van der Waals surface area contributed by atoms with Crippen molar-refractivity contribution in [2.45, 2.75) is 47.5 Å². The Morgan fingerprint density at radius 1 is 1.22 bits per heavy atom. The molecule has 0 bridgehead atoms. The SMILES string of the molecule is C=C/C(=C\C=C(C)C)C(=O)Nc1ccc(C)c(NC2=NCCC(/C(=C/C(=C)C)CC)=N2)c1. The van der Waals surface area contributed by atoms with Gasteiger partial charge in [0.2, 0.25) is 5.96 Å². The number of allylic oxidation sites excluding steroid dienone is 6. The van der Waals surface area contributed by atoms with E-state index in [4.69, 9.17) is 4.99 Å². The highest BCUT2D eigenvalue weighted by molar-refractivity contribution is 6.12. The van der Waals surface area contributed by atoms with E-state index in [-0.39, 0.29) is 5.91 Å². The first-order valence-electron chi connectivity index (χ1n) is 10.9. The molecule has 0 fully saturated rings. The lowest BCUT2D eigenvalue weighted by molar-refractivity contribution is -0.112. The molecule has 2 N–H and O–H groups in total. The molecule has 2 rings (SSSR count). The number of carbonyl (C=O) groups is 1. The summed E-state index contributed by atoms with van der Waals surface area (Å²) in [6, 6.07) is 5.73. The van der Waals surface area contributed by atoms with Gasteiger partial charge in [0.25, 0.3) is 5.91 Å². The van der Waals surface area contributed by atoms with Crippen LogP contribution in [0.3, 0.4) is 0 Å². The van der Waals surface area contributed by atoms with Crippen LogP contribution in [0.4, 0.5) is 11.4 Å². The fourth-order valence-electron chi connectivity index (χ4n) is 3.12. The van der Waals surface area contributed by atoms with Gasteiger partial charge in [-0.3, -0.25) is 9.79 Å². The van der Waals surface area contributed by atoms with E-state index in [1.54, 1.807) is 12.2 Å². The summed E-state index contributed by atoms with van der Waals surface area (Å²) in [4.78, 5) is 21.9. The molecule has 32 heavy (non-hydrogen) atoms. The number of aryl methyl sites for hydroxylation is 1. The van der Waals surface area contributed by atoms with Crippen molar-refractivity contribution in [2.24, 2.45) is 9.98 Å². The molecule has 168 valence electrons. The molecule has 0 unspecified atom stereocenters. The number of amides is 1. The first kappa shape index (κ1) is 24.8. The third-order valence-electron chi connectivity index (χ3n) is 4.84. The van der Waals surface area contributed by atoms with Gasteiger partial charge in [0.15, 0.2) is 0 Å². The van der Waals surface area contributed by atoms with E-state index in [0.717, 1.165) is 41.0 Å². The second kappa shape index (κ2) is 11.8. The maximum atomic E-state index is 12.6. The number of anilines is 2. The molecule has 0 atom stereocenters. The molecule has 5 heteroatoms. The van der Waals surface area contributed by atoms with Crippen molar-refractivity contribution >= 4 is 29.0 Å². The Balaban J connectivity index is 2.23. The molecule has 0 aromatic heterocycles. The van der Waals surface area contributed by atoms with Crippen LogP contribution in [0.5, 0.6) is 0 Å². The van der Waals surface area contributed by atoms with E-state index < -0.39 is 0 Å². The highest BCUT2D eigenvalue weighted by Crippen LogP contribution is 2.22. The number of carbonyl (C=O) groups excluding carboxylic acids is 1. The van der Waals surface area contributed by atoms with Crippen LogP contribution in [0.25, 0.3) is 0 Å². The van der Waals surface area contributed by atoms with Gasteiger partial charge >= 0.3 is 0 Å². The molecule has 0 aliphatic carbocycles. The molecule has 5 nitrogen and oxygen atoms in total. The molecule has 1 amide bonds. The summed E-state index contributed by atoms with van der Waals surface area (Å²) >= 11 is 0. The van der Waals surface area contributed by atoms with Gasteiger partial charge in [-0.05, 0) is 63.5 Å². The number of aliphatic imine (C=N–C) groups is 2. The van der Waals surface area contributed by atoms with Crippen LogP contribution in [0.1, 0.15) is 46.1 Å². The van der Waals surface area contributed by atoms with Crippen LogP contribution < -0.4 is 10.6 Å². The van der Waals surface area contributed by atoms with E-state index in [1.807, 2.05) is 52.0 Å². The first-order chi connectivity index (χ1) is 15.2. The van der Waals surface area contributed by atoms with E-state index in [2.05, 4.69) is 41.8 Å². The first-order valence-corrected chi connectivity index (χ1v) is 10.9. The summed E-state index contributed by atoms with van der Waals surface area (Å²) in [7, 11) is 0. The molecule has 1 aliphatic heterocycles. The predicted molar refractivity (Wildman–Crippen MR) is 139 cm³/mol. The minimum atomic E-state index is -0.208. The van der Waals surface area contributed by atoms with Crippen molar-refractivity contribution in [3.8, 4) is 0 Å². The monoisotopic (exact) mass is 430 g/mol. The molecule has 0 spiro atoms. The van der Waals surface area contributed by atoms with E-state index in [9.17, 15) is 4.79 Å². The number of nitrogens with zero attached hydrogens (tertiary/aromatic N) is 2. The smallest absolute Gasteiger partial charge is 0.255 e. The van der Waals surface area contributed by atoms with Crippen LogP contribution in [0.2, 0.25) is 0 Å². The van der Waals surface area contributed by atoms with E-state index in [0.29, 0.717) is 23.8 Å². The van der Waals surface area contributed by atoms with Crippen LogP contribution in [-0.4, -0.2) is 24.1 Å². The van der Waals surface area contributed by atoms with Crippen LogP contribution in [-0.2, 0) is 4.79 Å². The molecular formula is C27H34N4O. The summed E-state index contributed by atoms with van der Waals surface area (Å²) in [5, 5.41) is 6.26. The van der Waals surface area contributed by atoms with Gasteiger partial charge in [-0.15, -0.1) is 0 Å². The zero-order valence-electron chi connectivity index (χ0n) is 19.9. The zero-order valence-corrected chi connectivity index (χ0v) is 19.9. The average Bonchev–Trinajstić information content (AvgIpc) is 2.74. The lowest BCUT2D eigenvalue weighted by Crippen LogP contribution is -2.20. The lowest BCUT2D eigenvalue weighted by Gasteiger charge is -2.17. The molecule has 0 saturated heterocycles. The summed E-state index contributed by atoms with van der Waals surface area (Å²) in [6.07, 6.45) is 9.01. The quantitative estimate of drug-likeness (QED) is 0.363. The second-order valence-corrected chi connectivity index (χ2v) is 8.06. The lowest BCUT2D eigenvalue weighted by atomic mass is 10.0. The van der Waals surface area contributed by atoms with Crippen molar-refractivity contribution in [3.05, 3.63) is 83.5 Å². The van der Waals surface area contributed by atoms with Gasteiger partial charge in [0, 0.05) is 35.6 Å². The highest BCUT2D eigenvalue weighted by atomic mass is 16.1.